The van der Waals surface area contributed by atoms with Crippen LogP contribution >= 0.6 is 0 Å². The van der Waals surface area contributed by atoms with Crippen LogP contribution in [0.4, 0.5) is 4.79 Å². The lowest BCUT2D eigenvalue weighted by Gasteiger charge is -2.31. The summed E-state index contributed by atoms with van der Waals surface area (Å²) >= 11 is 0. The van der Waals surface area contributed by atoms with Crippen molar-refractivity contribution in [2.24, 2.45) is 0 Å². The van der Waals surface area contributed by atoms with E-state index in [2.05, 4.69) is 15.5 Å². The van der Waals surface area contributed by atoms with Crippen LogP contribution in [0.15, 0.2) is 4.42 Å². The Balaban J connectivity index is 1.88. The summed E-state index contributed by atoms with van der Waals surface area (Å²) in [5.74, 6) is 1.95. The smallest absolute Gasteiger partial charge is 0.317 e. The number of piperidine rings is 1. The summed E-state index contributed by atoms with van der Waals surface area (Å²) in [6.07, 6.45) is 1.76. The third kappa shape index (κ3) is 3.49. The lowest BCUT2D eigenvalue weighted by molar-refractivity contribution is 0.174. The fourth-order valence-electron chi connectivity index (χ4n) is 2.31. The monoisotopic (exact) mass is 280 g/mol. The molecule has 20 heavy (non-hydrogen) atoms. The van der Waals surface area contributed by atoms with E-state index in [1.54, 1.807) is 0 Å². The van der Waals surface area contributed by atoms with Gasteiger partial charge in [-0.15, -0.1) is 10.2 Å². The average molecular weight is 280 g/mol. The third-order valence-electron chi connectivity index (χ3n) is 3.49. The van der Waals surface area contributed by atoms with Crippen molar-refractivity contribution in [3.05, 3.63) is 11.8 Å². The Morgan fingerprint density at radius 2 is 1.90 bits per heavy atom. The minimum Gasteiger partial charge on any atom is -0.425 e. The Hall–Kier alpha value is -1.59. The Morgan fingerprint density at radius 1 is 1.25 bits per heavy atom. The van der Waals surface area contributed by atoms with Crippen LogP contribution in [-0.4, -0.2) is 40.3 Å². The highest BCUT2D eigenvalue weighted by molar-refractivity contribution is 5.74. The van der Waals surface area contributed by atoms with E-state index >= 15 is 0 Å². The predicted octanol–water partition coefficient (Wildman–Crippen LogP) is 2.49. The van der Waals surface area contributed by atoms with Gasteiger partial charge in [0.15, 0.2) is 0 Å². The van der Waals surface area contributed by atoms with Crippen LogP contribution in [0.3, 0.4) is 0 Å². The second kappa shape index (κ2) is 6.24. The molecule has 0 saturated carbocycles. The van der Waals surface area contributed by atoms with Crippen molar-refractivity contribution < 1.29 is 9.21 Å². The molecule has 0 aromatic carbocycles. The third-order valence-corrected chi connectivity index (χ3v) is 3.49. The molecule has 112 valence electrons. The Bertz CT molecular complexity index is 448. The van der Waals surface area contributed by atoms with Crippen molar-refractivity contribution in [3.63, 3.8) is 0 Å². The molecular weight excluding hydrogens is 256 g/mol. The van der Waals surface area contributed by atoms with Gasteiger partial charge in [-0.25, -0.2) is 4.79 Å². The topological polar surface area (TPSA) is 71.3 Å². The van der Waals surface area contributed by atoms with Crippen molar-refractivity contribution in [1.29, 1.82) is 0 Å². The van der Waals surface area contributed by atoms with E-state index in [1.165, 1.54) is 0 Å². The summed E-state index contributed by atoms with van der Waals surface area (Å²) in [6.45, 7) is 9.49. The van der Waals surface area contributed by atoms with Crippen LogP contribution in [0.25, 0.3) is 0 Å². The molecule has 0 atom stereocenters. The minimum atomic E-state index is 0.0202. The first kappa shape index (κ1) is 14.8. The molecule has 0 aliphatic carbocycles. The van der Waals surface area contributed by atoms with Crippen LogP contribution in [0.5, 0.6) is 0 Å². The standard InChI is InChI=1S/C14H24N4O2/c1-9(2)12-16-17-13(20-12)11-5-7-18(8-6-11)14(19)15-10(3)4/h9-11H,5-8H2,1-4H3,(H,15,19). The maximum atomic E-state index is 11.9. The Morgan fingerprint density at radius 3 is 2.40 bits per heavy atom. The summed E-state index contributed by atoms with van der Waals surface area (Å²) in [6, 6.07) is 0.191. The van der Waals surface area contributed by atoms with E-state index in [1.807, 2.05) is 32.6 Å². The van der Waals surface area contributed by atoms with Crippen molar-refractivity contribution in [2.45, 2.75) is 58.4 Å². The van der Waals surface area contributed by atoms with Gasteiger partial charge in [0.05, 0.1) is 0 Å². The number of nitrogens with one attached hydrogen (secondary N) is 1. The number of nitrogens with zero attached hydrogens (tertiary/aromatic N) is 3. The molecule has 1 aliphatic heterocycles. The lowest BCUT2D eigenvalue weighted by atomic mass is 9.97. The van der Waals surface area contributed by atoms with Crippen LogP contribution in [-0.2, 0) is 0 Å². The number of carbonyl (C=O) groups is 1. The first-order valence-corrected chi connectivity index (χ1v) is 7.36. The number of carbonyl (C=O) groups excluding carboxylic acids is 1. The van der Waals surface area contributed by atoms with Gasteiger partial charge in [0, 0.05) is 31.0 Å². The number of likely N-dealkylation sites (tertiary alicyclic amines) is 1. The number of hydrogen-bond acceptors (Lipinski definition) is 4. The lowest BCUT2D eigenvalue weighted by Crippen LogP contribution is -2.46. The van der Waals surface area contributed by atoms with Gasteiger partial charge in [-0.1, -0.05) is 13.8 Å². The van der Waals surface area contributed by atoms with Crippen molar-refractivity contribution in [2.75, 3.05) is 13.1 Å². The SMILES string of the molecule is CC(C)NC(=O)N1CCC(c2nnc(C(C)C)o2)CC1. The number of urea groups is 1. The highest BCUT2D eigenvalue weighted by atomic mass is 16.4. The summed E-state index contributed by atoms with van der Waals surface area (Å²) in [4.78, 5) is 13.8. The van der Waals surface area contributed by atoms with Gasteiger partial charge in [0.1, 0.15) is 0 Å². The first-order valence-electron chi connectivity index (χ1n) is 7.36. The van der Waals surface area contributed by atoms with E-state index in [0.29, 0.717) is 5.89 Å². The van der Waals surface area contributed by atoms with Crippen LogP contribution in [0, 0.1) is 0 Å². The second-order valence-electron chi connectivity index (χ2n) is 6.00. The number of amides is 2. The maximum absolute atomic E-state index is 11.9. The molecule has 1 fully saturated rings. The van der Waals surface area contributed by atoms with E-state index in [0.717, 1.165) is 31.8 Å². The zero-order valence-corrected chi connectivity index (χ0v) is 12.7. The maximum Gasteiger partial charge on any atom is 0.317 e. The van der Waals surface area contributed by atoms with Crippen LogP contribution in [0.2, 0.25) is 0 Å². The molecule has 0 unspecified atom stereocenters. The predicted molar refractivity (Wildman–Crippen MR) is 75.6 cm³/mol. The van der Waals surface area contributed by atoms with Gasteiger partial charge < -0.3 is 14.6 Å². The molecular formula is C14H24N4O2. The normalized spacial score (nSPS) is 17.0. The molecule has 6 heteroatoms. The molecule has 2 amide bonds. The van der Waals surface area contributed by atoms with Gasteiger partial charge in [0.2, 0.25) is 11.8 Å². The van der Waals surface area contributed by atoms with Gasteiger partial charge in [-0.2, -0.15) is 0 Å². The van der Waals surface area contributed by atoms with Gasteiger partial charge in [0.25, 0.3) is 0 Å². The fraction of sp³-hybridized carbons (Fsp3) is 0.786. The molecule has 0 spiro atoms. The van der Waals surface area contributed by atoms with Crippen LogP contribution in [0.1, 0.15) is 64.2 Å². The van der Waals surface area contributed by atoms with E-state index in [9.17, 15) is 4.79 Å². The molecule has 1 aromatic rings. The zero-order chi connectivity index (χ0) is 14.7. The van der Waals surface area contributed by atoms with Crippen molar-refractivity contribution >= 4 is 6.03 Å². The highest BCUT2D eigenvalue weighted by Gasteiger charge is 2.27. The van der Waals surface area contributed by atoms with Gasteiger partial charge >= 0.3 is 6.03 Å². The molecule has 2 rings (SSSR count). The van der Waals surface area contributed by atoms with Crippen LogP contribution < -0.4 is 5.32 Å². The summed E-state index contributed by atoms with van der Waals surface area (Å²) in [5.41, 5.74) is 0. The molecule has 1 aliphatic rings. The fourth-order valence-corrected chi connectivity index (χ4v) is 2.31. The molecule has 0 radical (unpaired) electrons. The van der Waals surface area contributed by atoms with E-state index in [-0.39, 0.29) is 23.9 Å². The molecule has 1 N–H and O–H groups in total. The van der Waals surface area contributed by atoms with Gasteiger partial charge in [-0.05, 0) is 26.7 Å². The molecule has 1 aromatic heterocycles. The molecule has 1 saturated heterocycles. The quantitative estimate of drug-likeness (QED) is 0.923. The first-order chi connectivity index (χ1) is 9.47. The molecule has 0 bridgehead atoms. The molecule has 2 heterocycles. The van der Waals surface area contributed by atoms with Gasteiger partial charge in [-0.3, -0.25) is 0 Å². The van der Waals surface area contributed by atoms with Crippen molar-refractivity contribution in [3.8, 4) is 0 Å². The number of aromatic nitrogens is 2. The van der Waals surface area contributed by atoms with E-state index < -0.39 is 0 Å². The highest BCUT2D eigenvalue weighted by Crippen LogP contribution is 2.28. The Labute approximate surface area is 119 Å². The Kier molecular flexibility index (Phi) is 4.62. The zero-order valence-electron chi connectivity index (χ0n) is 12.7. The number of hydrogen-bond donors (Lipinski definition) is 1. The summed E-state index contributed by atoms with van der Waals surface area (Å²) in [5, 5.41) is 11.1. The molecule has 6 nitrogen and oxygen atoms in total. The largest absolute Gasteiger partial charge is 0.425 e. The van der Waals surface area contributed by atoms with E-state index in [4.69, 9.17) is 4.42 Å². The second-order valence-corrected chi connectivity index (χ2v) is 6.00. The number of rotatable bonds is 3. The minimum absolute atomic E-state index is 0.0202. The average Bonchev–Trinajstić information content (AvgIpc) is 2.88. The van der Waals surface area contributed by atoms with Crippen molar-refractivity contribution in [1.82, 2.24) is 20.4 Å². The summed E-state index contributed by atoms with van der Waals surface area (Å²) < 4.78 is 5.70. The summed E-state index contributed by atoms with van der Waals surface area (Å²) in [7, 11) is 0.